The summed E-state index contributed by atoms with van der Waals surface area (Å²) in [6.45, 7) is 1.24. The summed E-state index contributed by atoms with van der Waals surface area (Å²) in [6.07, 6.45) is -0.144. The van der Waals surface area contributed by atoms with Gasteiger partial charge in [0, 0.05) is 17.0 Å². The Balaban J connectivity index is 1.66. The molecular weight excluding hydrogens is 508 g/mol. The van der Waals surface area contributed by atoms with Gasteiger partial charge in [-0.05, 0) is 37.3 Å². The molecular formula is C27H20N4O8. The van der Waals surface area contributed by atoms with Crippen LogP contribution < -0.4 is 15.0 Å². The molecule has 196 valence electrons. The fourth-order valence-corrected chi connectivity index (χ4v) is 3.92. The Kier molecular flexibility index (Phi) is 6.51. The first-order valence-electron chi connectivity index (χ1n) is 11.6. The number of ether oxygens (including phenoxy) is 2. The third-order valence-electron chi connectivity index (χ3n) is 5.84. The molecule has 0 amide bonds. The van der Waals surface area contributed by atoms with E-state index in [1.54, 1.807) is 36.4 Å². The maximum absolute atomic E-state index is 13.5. The van der Waals surface area contributed by atoms with Crippen molar-refractivity contribution >= 4 is 39.7 Å². The van der Waals surface area contributed by atoms with Crippen LogP contribution in [0.5, 0.6) is 11.5 Å². The van der Waals surface area contributed by atoms with E-state index in [-0.39, 0.29) is 22.9 Å². The summed E-state index contributed by atoms with van der Waals surface area (Å²) in [4.78, 5) is 40.4. The summed E-state index contributed by atoms with van der Waals surface area (Å²) in [7, 11) is 1.26. The summed E-state index contributed by atoms with van der Waals surface area (Å²) >= 11 is 0. The van der Waals surface area contributed by atoms with Crippen molar-refractivity contribution in [2.75, 3.05) is 7.11 Å². The minimum Gasteiger partial charge on any atom is -0.493 e. The zero-order chi connectivity index (χ0) is 27.7. The van der Waals surface area contributed by atoms with Crippen LogP contribution in [0.25, 0.3) is 33.5 Å². The molecule has 0 saturated heterocycles. The lowest BCUT2D eigenvalue weighted by Crippen LogP contribution is -2.23. The maximum Gasteiger partial charge on any atom is 0.344 e. The number of carbonyl (C=O) groups is 1. The lowest BCUT2D eigenvalue weighted by molar-refractivity contribution is -0.386. The van der Waals surface area contributed by atoms with Gasteiger partial charge in [0.05, 0.1) is 29.2 Å². The molecule has 5 aromatic rings. The van der Waals surface area contributed by atoms with Crippen molar-refractivity contribution in [1.29, 1.82) is 0 Å². The number of carboxylic acids is 1. The molecule has 0 saturated carbocycles. The second kappa shape index (κ2) is 10.1. The van der Waals surface area contributed by atoms with Crippen LogP contribution in [0.4, 0.5) is 5.69 Å². The Morgan fingerprint density at radius 1 is 1.18 bits per heavy atom. The van der Waals surface area contributed by atoms with E-state index in [0.717, 1.165) is 16.1 Å². The Morgan fingerprint density at radius 2 is 1.92 bits per heavy atom. The van der Waals surface area contributed by atoms with E-state index in [1.165, 1.54) is 26.3 Å². The molecule has 3 aromatic carbocycles. The number of rotatable bonds is 8. The second-order valence-electron chi connectivity index (χ2n) is 8.39. The van der Waals surface area contributed by atoms with Gasteiger partial charge in [-0.1, -0.05) is 30.3 Å². The van der Waals surface area contributed by atoms with E-state index in [4.69, 9.17) is 19.0 Å². The normalized spacial score (nSPS) is 12.2. The highest BCUT2D eigenvalue weighted by atomic mass is 16.6. The molecule has 5 rings (SSSR count). The molecule has 0 aliphatic heterocycles. The Bertz CT molecular complexity index is 1810. The van der Waals surface area contributed by atoms with Gasteiger partial charge in [0.2, 0.25) is 11.6 Å². The molecule has 39 heavy (non-hydrogen) atoms. The molecule has 0 aliphatic rings. The third kappa shape index (κ3) is 4.78. The first-order valence-corrected chi connectivity index (χ1v) is 11.6. The molecule has 2 aromatic heterocycles. The number of nitro groups is 1. The number of hydrogen-bond acceptors (Lipinski definition) is 9. The van der Waals surface area contributed by atoms with Crippen LogP contribution in [0.15, 0.2) is 81.0 Å². The van der Waals surface area contributed by atoms with Crippen molar-refractivity contribution in [3.05, 3.63) is 92.8 Å². The molecule has 0 bridgehead atoms. The third-order valence-corrected chi connectivity index (χ3v) is 5.84. The van der Waals surface area contributed by atoms with E-state index < -0.39 is 28.2 Å². The number of fused-ring (bicyclic) bond motifs is 2. The van der Waals surface area contributed by atoms with Gasteiger partial charge < -0.3 is 19.0 Å². The molecule has 0 spiro atoms. The van der Waals surface area contributed by atoms with Gasteiger partial charge in [-0.25, -0.2) is 9.78 Å². The highest BCUT2D eigenvalue weighted by Gasteiger charge is 2.26. The fraction of sp³-hybridized carbons (Fsp3) is 0.111. The number of carboxylic acid groups (broad SMARTS) is 1. The molecule has 12 heteroatoms. The lowest BCUT2D eigenvalue weighted by atomic mass is 10.1. The van der Waals surface area contributed by atoms with Gasteiger partial charge in [0.1, 0.15) is 5.58 Å². The van der Waals surface area contributed by atoms with Crippen LogP contribution in [0.1, 0.15) is 12.5 Å². The van der Waals surface area contributed by atoms with E-state index >= 15 is 0 Å². The molecule has 1 atom stereocenters. The number of hydrogen-bond donors (Lipinski definition) is 1. The highest BCUT2D eigenvalue weighted by Crippen LogP contribution is 2.38. The summed E-state index contributed by atoms with van der Waals surface area (Å²) in [5.74, 6) is -1.31. The average molecular weight is 528 g/mol. The second-order valence-corrected chi connectivity index (χ2v) is 8.39. The number of methoxy groups -OCH3 is 1. The van der Waals surface area contributed by atoms with Crippen LogP contribution in [0, 0.1) is 10.1 Å². The van der Waals surface area contributed by atoms with Crippen molar-refractivity contribution in [2.24, 2.45) is 5.10 Å². The van der Waals surface area contributed by atoms with Crippen LogP contribution in [-0.4, -0.2) is 45.1 Å². The zero-order valence-corrected chi connectivity index (χ0v) is 20.6. The van der Waals surface area contributed by atoms with E-state index in [0.29, 0.717) is 22.2 Å². The standard InChI is InChI=1S/C27H20N4O8/c1-15(27(33)34)38-24-20(31(35)36)11-16(12-22(24)37-2)14-28-30-25(23-13-17-7-3-6-10-21(17)39-23)29-19-9-5-4-8-18(19)26(30)32/h3-15H,1-2H3,(H,33,34)/t15-/m1/s1. The molecule has 0 radical (unpaired) electrons. The van der Waals surface area contributed by atoms with Crippen molar-refractivity contribution in [1.82, 2.24) is 9.66 Å². The maximum atomic E-state index is 13.5. The molecule has 12 nitrogen and oxygen atoms in total. The minimum atomic E-state index is -1.37. The first-order chi connectivity index (χ1) is 18.8. The van der Waals surface area contributed by atoms with Crippen LogP contribution in [0.3, 0.4) is 0 Å². The number of aliphatic carboxylic acids is 1. The first kappa shape index (κ1) is 25.1. The Morgan fingerprint density at radius 3 is 2.64 bits per heavy atom. The van der Waals surface area contributed by atoms with Gasteiger partial charge in [0.25, 0.3) is 5.56 Å². The van der Waals surface area contributed by atoms with Crippen molar-refractivity contribution in [3.8, 4) is 23.1 Å². The van der Waals surface area contributed by atoms with Gasteiger partial charge in [-0.15, -0.1) is 0 Å². The van der Waals surface area contributed by atoms with E-state index in [2.05, 4.69) is 10.1 Å². The molecule has 0 unspecified atom stereocenters. The smallest absolute Gasteiger partial charge is 0.344 e. The Hall–Kier alpha value is -5.52. The number of aromatic nitrogens is 2. The molecule has 0 aliphatic carbocycles. The van der Waals surface area contributed by atoms with Gasteiger partial charge >= 0.3 is 11.7 Å². The molecule has 0 fully saturated rings. The van der Waals surface area contributed by atoms with Crippen molar-refractivity contribution < 1.29 is 28.7 Å². The molecule has 1 N–H and O–H groups in total. The predicted octanol–water partition coefficient (Wildman–Crippen LogP) is 4.46. The number of nitrogens with zero attached hydrogens (tertiary/aromatic N) is 4. The summed E-state index contributed by atoms with van der Waals surface area (Å²) in [5, 5.41) is 26.4. The van der Waals surface area contributed by atoms with Crippen molar-refractivity contribution in [3.63, 3.8) is 0 Å². The Labute approximate surface area is 219 Å². The molecule has 2 heterocycles. The SMILES string of the molecule is COc1cc(C=Nn2c(-c3cc4ccccc4o3)nc3ccccc3c2=O)cc([N+](=O)[O-])c1O[C@H](C)C(=O)O. The largest absolute Gasteiger partial charge is 0.493 e. The predicted molar refractivity (Wildman–Crippen MR) is 142 cm³/mol. The van der Waals surface area contributed by atoms with Gasteiger partial charge in [-0.3, -0.25) is 14.9 Å². The zero-order valence-electron chi connectivity index (χ0n) is 20.6. The number of nitro benzene ring substituents is 1. The van der Waals surface area contributed by atoms with E-state index in [9.17, 15) is 19.7 Å². The quantitative estimate of drug-likeness (QED) is 0.174. The lowest BCUT2D eigenvalue weighted by Gasteiger charge is -2.14. The summed E-state index contributed by atoms with van der Waals surface area (Å²) in [5.41, 5.74) is 0.201. The summed E-state index contributed by atoms with van der Waals surface area (Å²) < 4.78 is 17.5. The van der Waals surface area contributed by atoms with E-state index in [1.807, 2.05) is 18.2 Å². The number of furan rings is 1. The minimum absolute atomic E-state index is 0.0831. The summed E-state index contributed by atoms with van der Waals surface area (Å²) in [6, 6.07) is 18.3. The number of benzene rings is 3. The monoisotopic (exact) mass is 528 g/mol. The fourth-order valence-electron chi connectivity index (χ4n) is 3.92. The average Bonchev–Trinajstić information content (AvgIpc) is 3.37. The van der Waals surface area contributed by atoms with Crippen molar-refractivity contribution in [2.45, 2.75) is 13.0 Å². The van der Waals surface area contributed by atoms with Gasteiger partial charge in [-0.2, -0.15) is 9.78 Å². The van der Waals surface area contributed by atoms with Crippen LogP contribution in [0.2, 0.25) is 0 Å². The van der Waals surface area contributed by atoms with Gasteiger partial charge in [0.15, 0.2) is 17.6 Å². The van der Waals surface area contributed by atoms with Crippen LogP contribution >= 0.6 is 0 Å². The topological polar surface area (TPSA) is 159 Å². The highest BCUT2D eigenvalue weighted by molar-refractivity contribution is 5.86. The van der Waals surface area contributed by atoms with Crippen LogP contribution in [-0.2, 0) is 4.79 Å². The number of para-hydroxylation sites is 2.